The monoisotopic (exact) mass is 418 g/mol. The maximum absolute atomic E-state index is 12.1. The molecule has 7 nitrogen and oxygen atoms in total. The van der Waals surface area contributed by atoms with Crippen molar-refractivity contribution in [1.29, 1.82) is 0 Å². The van der Waals surface area contributed by atoms with Crippen LogP contribution in [0.3, 0.4) is 0 Å². The minimum absolute atomic E-state index is 0.112. The number of pyridine rings is 1. The number of carbonyl (C=O) groups excluding carboxylic acids is 1. The van der Waals surface area contributed by atoms with Gasteiger partial charge in [0.15, 0.2) is 0 Å². The van der Waals surface area contributed by atoms with Crippen molar-refractivity contribution in [3.63, 3.8) is 0 Å². The van der Waals surface area contributed by atoms with E-state index in [4.69, 9.17) is 4.74 Å². The van der Waals surface area contributed by atoms with Crippen LogP contribution in [-0.4, -0.2) is 72.9 Å². The van der Waals surface area contributed by atoms with Gasteiger partial charge >= 0.3 is 0 Å². The van der Waals surface area contributed by atoms with E-state index in [9.17, 15) is 9.90 Å². The average molecular weight is 419 g/mol. The summed E-state index contributed by atoms with van der Waals surface area (Å²) in [6.07, 6.45) is 1.24. The number of β-amino-alcohol motifs (C(OH)–C–C–N with tert-alkyl or cyclic N) is 1. The molecule has 158 valence electrons. The summed E-state index contributed by atoms with van der Waals surface area (Å²) in [4.78, 5) is 21.8. The minimum Gasteiger partial charge on any atom is -0.389 e. The number of aliphatic hydroxyl groups is 1. The van der Waals surface area contributed by atoms with Crippen LogP contribution in [0.1, 0.15) is 23.5 Å². The molecule has 1 aliphatic heterocycles. The first kappa shape index (κ1) is 21.7. The van der Waals surface area contributed by atoms with Crippen molar-refractivity contribution >= 4 is 28.7 Å². The van der Waals surface area contributed by atoms with Crippen LogP contribution in [0.5, 0.6) is 0 Å². The Morgan fingerprint density at radius 3 is 2.66 bits per heavy atom. The molecule has 1 atom stereocenters. The van der Waals surface area contributed by atoms with E-state index in [1.54, 1.807) is 12.3 Å². The lowest BCUT2D eigenvalue weighted by atomic mass is 10.2. The molecule has 3 heterocycles. The second-order valence-electron chi connectivity index (χ2n) is 7.71. The van der Waals surface area contributed by atoms with Crippen molar-refractivity contribution in [2.24, 2.45) is 5.92 Å². The highest BCUT2D eigenvalue weighted by Gasteiger charge is 2.20. The van der Waals surface area contributed by atoms with Crippen LogP contribution in [0.2, 0.25) is 0 Å². The quantitative estimate of drug-likeness (QED) is 0.652. The van der Waals surface area contributed by atoms with Gasteiger partial charge in [-0.3, -0.25) is 9.69 Å². The topological polar surface area (TPSA) is 77.9 Å². The van der Waals surface area contributed by atoms with Crippen molar-refractivity contribution in [2.45, 2.75) is 20.0 Å². The number of piperazine rings is 1. The van der Waals surface area contributed by atoms with Gasteiger partial charge in [-0.15, -0.1) is 11.3 Å². The van der Waals surface area contributed by atoms with Gasteiger partial charge < -0.3 is 20.1 Å². The van der Waals surface area contributed by atoms with Gasteiger partial charge in [-0.1, -0.05) is 19.9 Å². The molecule has 2 aromatic heterocycles. The number of rotatable bonds is 9. The second-order valence-corrected chi connectivity index (χ2v) is 8.66. The molecule has 2 N–H and O–H groups in total. The number of ether oxygens (including phenoxy) is 1. The number of carbonyl (C=O) groups is 1. The number of anilines is 2. The lowest BCUT2D eigenvalue weighted by molar-refractivity contribution is 0.00745. The van der Waals surface area contributed by atoms with Crippen LogP contribution in [0.15, 0.2) is 35.8 Å². The van der Waals surface area contributed by atoms with E-state index in [0.717, 1.165) is 32.0 Å². The Morgan fingerprint density at radius 1 is 1.24 bits per heavy atom. The Morgan fingerprint density at radius 2 is 2.03 bits per heavy atom. The third kappa shape index (κ3) is 6.78. The van der Waals surface area contributed by atoms with Crippen LogP contribution < -0.4 is 10.2 Å². The smallest absolute Gasteiger partial charge is 0.265 e. The third-order valence-corrected chi connectivity index (χ3v) is 5.55. The summed E-state index contributed by atoms with van der Waals surface area (Å²) in [6.45, 7) is 9.36. The summed E-state index contributed by atoms with van der Waals surface area (Å²) >= 11 is 1.41. The fraction of sp³-hybridized carbons (Fsp3) is 0.524. The highest BCUT2D eigenvalue weighted by Crippen LogP contribution is 2.18. The van der Waals surface area contributed by atoms with Crippen LogP contribution in [0, 0.1) is 5.92 Å². The summed E-state index contributed by atoms with van der Waals surface area (Å²) in [5.74, 6) is 1.27. The zero-order chi connectivity index (χ0) is 20.6. The summed E-state index contributed by atoms with van der Waals surface area (Å²) in [7, 11) is 0. The summed E-state index contributed by atoms with van der Waals surface area (Å²) < 4.78 is 5.52. The van der Waals surface area contributed by atoms with Crippen molar-refractivity contribution in [1.82, 2.24) is 9.88 Å². The first-order valence-corrected chi connectivity index (χ1v) is 10.9. The molecule has 0 aromatic carbocycles. The van der Waals surface area contributed by atoms with Gasteiger partial charge in [0.1, 0.15) is 5.82 Å². The summed E-state index contributed by atoms with van der Waals surface area (Å²) in [5.41, 5.74) is 0.690. The molecule has 0 bridgehead atoms. The molecule has 8 heteroatoms. The number of thiophene rings is 1. The van der Waals surface area contributed by atoms with Crippen LogP contribution in [0.4, 0.5) is 11.5 Å². The number of nitrogens with zero attached hydrogens (tertiary/aromatic N) is 3. The minimum atomic E-state index is -0.454. The Kier molecular flexibility index (Phi) is 8.00. The van der Waals surface area contributed by atoms with Crippen LogP contribution >= 0.6 is 11.3 Å². The van der Waals surface area contributed by atoms with Gasteiger partial charge in [0.05, 0.1) is 29.5 Å². The molecule has 0 radical (unpaired) electrons. The molecular formula is C21H30N4O3S. The molecule has 1 saturated heterocycles. The van der Waals surface area contributed by atoms with Gasteiger partial charge in [-0.2, -0.15) is 0 Å². The zero-order valence-corrected chi connectivity index (χ0v) is 17.9. The third-order valence-electron chi connectivity index (χ3n) is 4.68. The standard InChI is InChI=1S/C21H30N4O3S/c1-16(2)14-28-15-18(26)13-24-7-9-25(10-8-24)20-6-5-17(12-22-20)23-21(27)19-4-3-11-29-19/h3-6,11-12,16,18,26H,7-10,13-15H2,1-2H3,(H,23,27)/t18-/m1/s1. The lowest BCUT2D eigenvalue weighted by Gasteiger charge is -2.36. The number of hydrogen-bond donors (Lipinski definition) is 2. The highest BCUT2D eigenvalue weighted by atomic mass is 32.1. The number of aliphatic hydroxyl groups excluding tert-OH is 1. The average Bonchev–Trinajstić information content (AvgIpc) is 3.24. The van der Waals surface area contributed by atoms with E-state index in [0.29, 0.717) is 36.2 Å². The van der Waals surface area contributed by atoms with Crippen LogP contribution in [-0.2, 0) is 4.74 Å². The molecule has 0 aliphatic carbocycles. The Labute approximate surface area is 176 Å². The molecule has 1 amide bonds. The van der Waals surface area contributed by atoms with E-state index in [1.807, 2.05) is 23.6 Å². The van der Waals surface area contributed by atoms with Gasteiger partial charge in [0.2, 0.25) is 0 Å². The lowest BCUT2D eigenvalue weighted by Crippen LogP contribution is -2.49. The van der Waals surface area contributed by atoms with Gasteiger partial charge in [-0.05, 0) is 29.5 Å². The van der Waals surface area contributed by atoms with E-state index in [1.165, 1.54) is 11.3 Å². The first-order valence-electron chi connectivity index (χ1n) is 10.1. The number of nitrogens with one attached hydrogen (secondary N) is 1. The molecule has 0 spiro atoms. The Hall–Kier alpha value is -2.00. The molecule has 1 fully saturated rings. The van der Waals surface area contributed by atoms with Crippen molar-refractivity contribution in [2.75, 3.05) is 56.2 Å². The van der Waals surface area contributed by atoms with Gasteiger partial charge in [0.25, 0.3) is 5.91 Å². The molecule has 0 unspecified atom stereocenters. The normalized spacial score (nSPS) is 16.2. The Bertz CT molecular complexity index is 744. The van der Waals surface area contributed by atoms with Crippen molar-refractivity contribution in [3.05, 3.63) is 40.7 Å². The number of amides is 1. The second kappa shape index (κ2) is 10.7. The van der Waals surface area contributed by atoms with Crippen LogP contribution in [0.25, 0.3) is 0 Å². The Balaban J connectivity index is 1.42. The molecular weight excluding hydrogens is 388 g/mol. The zero-order valence-electron chi connectivity index (χ0n) is 17.1. The van der Waals surface area contributed by atoms with Gasteiger partial charge in [-0.25, -0.2) is 4.98 Å². The predicted octanol–water partition coefficient (Wildman–Crippen LogP) is 2.55. The van der Waals surface area contributed by atoms with Crippen molar-refractivity contribution in [3.8, 4) is 0 Å². The van der Waals surface area contributed by atoms with E-state index in [2.05, 4.69) is 33.9 Å². The number of hydrogen-bond acceptors (Lipinski definition) is 7. The van der Waals surface area contributed by atoms with E-state index >= 15 is 0 Å². The van der Waals surface area contributed by atoms with Crippen molar-refractivity contribution < 1.29 is 14.6 Å². The van der Waals surface area contributed by atoms with E-state index in [-0.39, 0.29) is 5.91 Å². The van der Waals surface area contributed by atoms with Gasteiger partial charge in [0, 0.05) is 39.3 Å². The number of aromatic nitrogens is 1. The predicted molar refractivity (Wildman–Crippen MR) is 117 cm³/mol. The maximum atomic E-state index is 12.1. The maximum Gasteiger partial charge on any atom is 0.265 e. The highest BCUT2D eigenvalue weighted by molar-refractivity contribution is 7.12. The summed E-state index contributed by atoms with van der Waals surface area (Å²) in [6, 6.07) is 7.48. The van der Waals surface area contributed by atoms with E-state index < -0.39 is 6.10 Å². The summed E-state index contributed by atoms with van der Waals surface area (Å²) in [5, 5.41) is 14.9. The first-order chi connectivity index (χ1) is 14.0. The largest absolute Gasteiger partial charge is 0.389 e. The molecule has 0 saturated carbocycles. The molecule has 29 heavy (non-hydrogen) atoms. The molecule has 1 aliphatic rings. The fourth-order valence-corrected chi connectivity index (χ4v) is 3.82. The SMILES string of the molecule is CC(C)COC[C@H](O)CN1CCN(c2ccc(NC(=O)c3cccs3)cn2)CC1. The molecule has 2 aromatic rings. The fourth-order valence-electron chi connectivity index (χ4n) is 3.20. The molecule has 3 rings (SSSR count).